The third-order valence-corrected chi connectivity index (χ3v) is 4.23. The highest BCUT2D eigenvalue weighted by molar-refractivity contribution is 5.94. The Kier molecular flexibility index (Phi) is 0.964. The van der Waals surface area contributed by atoms with Gasteiger partial charge in [-0.3, -0.25) is 4.79 Å². The van der Waals surface area contributed by atoms with Crippen LogP contribution in [-0.2, 0) is 4.79 Å². The fraction of sp³-hybridized carbons (Fsp3) is 0.727. The lowest BCUT2D eigenvalue weighted by Crippen LogP contribution is -2.55. The van der Waals surface area contributed by atoms with Gasteiger partial charge in [-0.1, -0.05) is 26.0 Å². The SMILES string of the molecule is CC1(C)C(=O)[C@@H]2[C@H]1[C@H]1C=C[C@@H]2C1. The summed E-state index contributed by atoms with van der Waals surface area (Å²) in [6, 6.07) is 0. The van der Waals surface area contributed by atoms with Gasteiger partial charge in [0.05, 0.1) is 0 Å². The van der Waals surface area contributed by atoms with Crippen LogP contribution in [0.4, 0.5) is 0 Å². The van der Waals surface area contributed by atoms with Crippen molar-refractivity contribution in [2.45, 2.75) is 20.3 Å². The molecule has 12 heavy (non-hydrogen) atoms. The van der Waals surface area contributed by atoms with Crippen molar-refractivity contribution in [3.05, 3.63) is 12.2 Å². The molecule has 3 aliphatic rings. The van der Waals surface area contributed by atoms with Gasteiger partial charge in [0.2, 0.25) is 0 Å². The van der Waals surface area contributed by atoms with E-state index in [1.165, 1.54) is 6.42 Å². The molecule has 0 amide bonds. The molecule has 0 aliphatic heterocycles. The summed E-state index contributed by atoms with van der Waals surface area (Å²) in [5.74, 6) is 2.95. The summed E-state index contributed by atoms with van der Waals surface area (Å²) in [6.45, 7) is 4.23. The molecule has 0 aromatic rings. The number of Topliss-reactive ketones (excluding diaryl/α,β-unsaturated/α-hetero) is 1. The average molecular weight is 162 g/mol. The zero-order valence-electron chi connectivity index (χ0n) is 7.58. The molecule has 3 aliphatic carbocycles. The Bertz CT molecular complexity index is 287. The van der Waals surface area contributed by atoms with Gasteiger partial charge < -0.3 is 0 Å². The van der Waals surface area contributed by atoms with E-state index in [4.69, 9.17) is 0 Å². The topological polar surface area (TPSA) is 17.1 Å². The normalized spacial score (nSPS) is 52.3. The largest absolute Gasteiger partial charge is 0.299 e. The van der Waals surface area contributed by atoms with Crippen LogP contribution >= 0.6 is 0 Å². The van der Waals surface area contributed by atoms with Crippen molar-refractivity contribution in [3.63, 3.8) is 0 Å². The van der Waals surface area contributed by atoms with E-state index in [9.17, 15) is 4.79 Å². The highest BCUT2D eigenvalue weighted by Crippen LogP contribution is 2.63. The molecule has 3 rings (SSSR count). The molecule has 0 spiro atoms. The highest BCUT2D eigenvalue weighted by Gasteiger charge is 2.65. The van der Waals surface area contributed by atoms with Crippen molar-refractivity contribution >= 4 is 5.78 Å². The third-order valence-electron chi connectivity index (χ3n) is 4.23. The second-order valence-electron chi connectivity index (χ2n) is 5.09. The van der Waals surface area contributed by atoms with Gasteiger partial charge in [0.1, 0.15) is 5.78 Å². The van der Waals surface area contributed by atoms with Crippen molar-refractivity contribution in [2.24, 2.45) is 29.1 Å². The average Bonchev–Trinajstić information content (AvgIpc) is 2.59. The number of rotatable bonds is 0. The van der Waals surface area contributed by atoms with Gasteiger partial charge in [0.25, 0.3) is 0 Å². The standard InChI is InChI=1S/C11H14O/c1-11(2)9-7-4-3-6(5-7)8(9)10(11)12/h3-4,6-9H,5H2,1-2H3/t6-,7+,8+,9-/m1/s1. The van der Waals surface area contributed by atoms with Gasteiger partial charge in [-0.2, -0.15) is 0 Å². The van der Waals surface area contributed by atoms with Crippen LogP contribution < -0.4 is 0 Å². The van der Waals surface area contributed by atoms with Crippen molar-refractivity contribution in [1.29, 1.82) is 0 Å². The second-order valence-corrected chi connectivity index (χ2v) is 5.09. The van der Waals surface area contributed by atoms with Crippen LogP contribution in [0.5, 0.6) is 0 Å². The van der Waals surface area contributed by atoms with E-state index < -0.39 is 0 Å². The molecule has 2 saturated carbocycles. The Balaban J connectivity index is 2.04. The van der Waals surface area contributed by atoms with Gasteiger partial charge >= 0.3 is 0 Å². The van der Waals surface area contributed by atoms with Crippen molar-refractivity contribution in [2.75, 3.05) is 0 Å². The molecule has 0 aromatic carbocycles. The van der Waals surface area contributed by atoms with Crippen LogP contribution in [0.2, 0.25) is 0 Å². The molecule has 1 nitrogen and oxygen atoms in total. The predicted molar refractivity (Wildman–Crippen MR) is 46.5 cm³/mol. The zero-order valence-corrected chi connectivity index (χ0v) is 7.58. The smallest absolute Gasteiger partial charge is 0.142 e. The predicted octanol–water partition coefficient (Wildman–Crippen LogP) is 2.03. The second kappa shape index (κ2) is 1.68. The maximum absolute atomic E-state index is 11.7. The van der Waals surface area contributed by atoms with Crippen molar-refractivity contribution < 1.29 is 4.79 Å². The number of allylic oxidation sites excluding steroid dienone is 2. The van der Waals surface area contributed by atoms with E-state index in [-0.39, 0.29) is 5.41 Å². The lowest BCUT2D eigenvalue weighted by molar-refractivity contribution is -0.154. The number of hydrogen-bond donors (Lipinski definition) is 0. The molecule has 64 valence electrons. The summed E-state index contributed by atoms with van der Waals surface area (Å²) < 4.78 is 0. The summed E-state index contributed by atoms with van der Waals surface area (Å²) in [6.07, 6.45) is 5.85. The Labute approximate surface area is 72.8 Å². The summed E-state index contributed by atoms with van der Waals surface area (Å²) >= 11 is 0. The first-order chi connectivity index (χ1) is 5.62. The molecule has 2 bridgehead atoms. The van der Waals surface area contributed by atoms with Crippen LogP contribution in [0, 0.1) is 29.1 Å². The van der Waals surface area contributed by atoms with Gasteiger partial charge in [-0.05, 0) is 24.2 Å². The van der Waals surface area contributed by atoms with Crippen LogP contribution in [-0.4, -0.2) is 5.78 Å². The van der Waals surface area contributed by atoms with E-state index in [0.29, 0.717) is 23.5 Å². The number of carbonyl (C=O) groups excluding carboxylic acids is 1. The minimum Gasteiger partial charge on any atom is -0.299 e. The van der Waals surface area contributed by atoms with Crippen LogP contribution in [0.15, 0.2) is 12.2 Å². The lowest BCUT2D eigenvalue weighted by Gasteiger charge is -2.50. The van der Waals surface area contributed by atoms with E-state index in [1.807, 2.05) is 0 Å². The van der Waals surface area contributed by atoms with Gasteiger partial charge in [-0.15, -0.1) is 0 Å². The van der Waals surface area contributed by atoms with Crippen LogP contribution in [0.1, 0.15) is 20.3 Å². The minimum atomic E-state index is -0.00512. The van der Waals surface area contributed by atoms with E-state index in [1.54, 1.807) is 0 Å². The van der Waals surface area contributed by atoms with Crippen molar-refractivity contribution in [1.82, 2.24) is 0 Å². The lowest BCUT2D eigenvalue weighted by atomic mass is 9.51. The third kappa shape index (κ3) is 0.502. The van der Waals surface area contributed by atoms with Crippen LogP contribution in [0.25, 0.3) is 0 Å². The summed E-state index contributed by atoms with van der Waals surface area (Å²) in [5.41, 5.74) is -0.00512. The summed E-state index contributed by atoms with van der Waals surface area (Å²) in [7, 11) is 0. The number of carbonyl (C=O) groups is 1. The Morgan fingerprint density at radius 2 is 2.00 bits per heavy atom. The fourth-order valence-electron chi connectivity index (χ4n) is 3.66. The number of fused-ring (bicyclic) bond motifs is 5. The summed E-state index contributed by atoms with van der Waals surface area (Å²) in [5, 5.41) is 0. The first-order valence-corrected chi connectivity index (χ1v) is 4.85. The number of hydrogen-bond acceptors (Lipinski definition) is 1. The maximum atomic E-state index is 11.7. The molecule has 0 heterocycles. The molecule has 0 aromatic heterocycles. The molecule has 0 radical (unpaired) electrons. The minimum absolute atomic E-state index is 0.00512. The first-order valence-electron chi connectivity index (χ1n) is 4.85. The molecule has 2 fully saturated rings. The van der Waals surface area contributed by atoms with E-state index in [0.717, 1.165) is 5.92 Å². The molecular weight excluding hydrogens is 148 g/mol. The van der Waals surface area contributed by atoms with E-state index >= 15 is 0 Å². The molecule has 1 heteroatoms. The number of ketones is 1. The Morgan fingerprint density at radius 3 is 2.67 bits per heavy atom. The monoisotopic (exact) mass is 162 g/mol. The van der Waals surface area contributed by atoms with Crippen molar-refractivity contribution in [3.8, 4) is 0 Å². The Hall–Kier alpha value is -0.590. The maximum Gasteiger partial charge on any atom is 0.142 e. The molecule has 0 unspecified atom stereocenters. The van der Waals surface area contributed by atoms with Crippen LogP contribution in [0.3, 0.4) is 0 Å². The highest BCUT2D eigenvalue weighted by atomic mass is 16.1. The Morgan fingerprint density at radius 1 is 1.33 bits per heavy atom. The van der Waals surface area contributed by atoms with Gasteiger partial charge in [0, 0.05) is 11.3 Å². The molecule has 0 N–H and O–H groups in total. The van der Waals surface area contributed by atoms with Gasteiger partial charge in [0.15, 0.2) is 0 Å². The van der Waals surface area contributed by atoms with E-state index in [2.05, 4.69) is 26.0 Å². The molecular formula is C11H14O. The zero-order chi connectivity index (χ0) is 8.51. The fourth-order valence-corrected chi connectivity index (χ4v) is 3.66. The molecule has 4 atom stereocenters. The van der Waals surface area contributed by atoms with Gasteiger partial charge in [-0.25, -0.2) is 0 Å². The molecule has 0 saturated heterocycles. The summed E-state index contributed by atoms with van der Waals surface area (Å²) in [4.78, 5) is 11.7. The quantitative estimate of drug-likeness (QED) is 0.498. The first kappa shape index (κ1) is 6.88.